The summed E-state index contributed by atoms with van der Waals surface area (Å²) in [6.45, 7) is 5.66. The number of carbonyl (C=O) groups is 1. The molecule has 3 heterocycles. The molecular formula is C23H25N5O2S. The van der Waals surface area contributed by atoms with Crippen LogP contribution >= 0.6 is 12.0 Å². The first kappa shape index (κ1) is 21.1. The topological polar surface area (TPSA) is 80.2 Å². The van der Waals surface area contributed by atoms with Crippen LogP contribution in [0.5, 0.6) is 6.01 Å². The van der Waals surface area contributed by atoms with E-state index < -0.39 is 0 Å². The Morgan fingerprint density at radius 3 is 2.84 bits per heavy atom. The Morgan fingerprint density at radius 1 is 1.19 bits per heavy atom. The zero-order valence-corrected chi connectivity index (χ0v) is 18.6. The lowest BCUT2D eigenvalue weighted by Gasteiger charge is -2.29. The number of hydrogen-bond donors (Lipinski definition) is 1. The van der Waals surface area contributed by atoms with Crippen molar-refractivity contribution in [2.45, 2.75) is 32.7 Å². The Balaban J connectivity index is 1.48. The molecule has 3 aromatic rings. The minimum absolute atomic E-state index is 0.220. The molecule has 31 heavy (non-hydrogen) atoms. The van der Waals surface area contributed by atoms with Gasteiger partial charge in [-0.25, -0.2) is 9.97 Å². The minimum atomic E-state index is -0.220. The average molecular weight is 436 g/mol. The van der Waals surface area contributed by atoms with Crippen LogP contribution < -0.4 is 14.4 Å². The van der Waals surface area contributed by atoms with Gasteiger partial charge in [-0.2, -0.15) is 4.98 Å². The maximum atomic E-state index is 12.8. The van der Waals surface area contributed by atoms with Crippen molar-refractivity contribution >= 4 is 29.5 Å². The lowest BCUT2D eigenvalue weighted by Crippen LogP contribution is -2.32. The molecule has 1 aromatic carbocycles. The first-order chi connectivity index (χ1) is 15.0. The van der Waals surface area contributed by atoms with Crippen molar-refractivity contribution in [3.05, 3.63) is 71.2 Å². The highest BCUT2D eigenvalue weighted by molar-refractivity contribution is 7.94. The van der Waals surface area contributed by atoms with Crippen molar-refractivity contribution < 1.29 is 8.98 Å². The Hall–Kier alpha value is -3.13. The molecule has 1 aliphatic heterocycles. The summed E-state index contributed by atoms with van der Waals surface area (Å²) >= 11 is 1.23. The van der Waals surface area contributed by atoms with Gasteiger partial charge in [0, 0.05) is 43.2 Å². The van der Waals surface area contributed by atoms with E-state index in [1.54, 1.807) is 12.3 Å². The molecule has 0 bridgehead atoms. The maximum absolute atomic E-state index is 12.8. The standard InChI is InChI=1S/C23H25N5O2S/c1-15(2)16-6-4-7-18(12-16)25-22(29)20-8-5-9-21(26-20)28-11-10-19-17(14-28)13-24-23(27-19)30-31-3/h4-9,12-13,15H,10-11,14H2,1-3H3,(H,25,29). The van der Waals surface area contributed by atoms with Gasteiger partial charge in [0.2, 0.25) is 0 Å². The van der Waals surface area contributed by atoms with Gasteiger partial charge in [-0.3, -0.25) is 4.79 Å². The lowest BCUT2D eigenvalue weighted by molar-refractivity contribution is 0.102. The molecular weight excluding hydrogens is 410 g/mol. The van der Waals surface area contributed by atoms with E-state index in [-0.39, 0.29) is 5.91 Å². The molecule has 0 fully saturated rings. The van der Waals surface area contributed by atoms with Crippen molar-refractivity contribution in [1.29, 1.82) is 0 Å². The molecule has 2 aromatic heterocycles. The Morgan fingerprint density at radius 2 is 2.03 bits per heavy atom. The van der Waals surface area contributed by atoms with Crippen LogP contribution in [0, 0.1) is 0 Å². The van der Waals surface area contributed by atoms with Crippen LogP contribution in [0.25, 0.3) is 0 Å². The molecule has 4 rings (SSSR count). The highest BCUT2D eigenvalue weighted by Crippen LogP contribution is 2.24. The van der Waals surface area contributed by atoms with Gasteiger partial charge < -0.3 is 14.4 Å². The molecule has 0 atom stereocenters. The second kappa shape index (κ2) is 9.34. The summed E-state index contributed by atoms with van der Waals surface area (Å²) in [6, 6.07) is 13.8. The quantitative estimate of drug-likeness (QED) is 0.572. The SMILES string of the molecule is CSOc1ncc2c(n1)CCN(c1cccc(C(=O)Nc3cccc(C(C)C)c3)n1)C2. The maximum Gasteiger partial charge on any atom is 0.329 e. The molecule has 0 radical (unpaired) electrons. The predicted molar refractivity (Wildman–Crippen MR) is 124 cm³/mol. The van der Waals surface area contributed by atoms with Gasteiger partial charge in [-0.15, -0.1) is 0 Å². The first-order valence-electron chi connectivity index (χ1n) is 10.2. The zero-order valence-electron chi connectivity index (χ0n) is 17.8. The molecule has 0 spiro atoms. The van der Waals surface area contributed by atoms with Gasteiger partial charge in [-0.1, -0.05) is 32.0 Å². The molecule has 160 valence electrons. The van der Waals surface area contributed by atoms with Crippen LogP contribution in [0.1, 0.15) is 47.1 Å². The fraction of sp³-hybridized carbons (Fsp3) is 0.304. The number of amides is 1. The number of rotatable bonds is 6. The summed E-state index contributed by atoms with van der Waals surface area (Å²) in [6.07, 6.45) is 4.40. The fourth-order valence-electron chi connectivity index (χ4n) is 3.50. The number of carbonyl (C=O) groups excluding carboxylic acids is 1. The largest absolute Gasteiger partial charge is 0.389 e. The van der Waals surface area contributed by atoms with Gasteiger partial charge in [0.1, 0.15) is 11.5 Å². The molecule has 8 heteroatoms. The van der Waals surface area contributed by atoms with Crippen LogP contribution in [-0.2, 0) is 13.0 Å². The third-order valence-corrected chi connectivity index (χ3v) is 5.49. The molecule has 0 aliphatic carbocycles. The number of fused-ring (bicyclic) bond motifs is 1. The van der Waals surface area contributed by atoms with Gasteiger partial charge >= 0.3 is 6.01 Å². The minimum Gasteiger partial charge on any atom is -0.389 e. The fourth-order valence-corrected chi connectivity index (χ4v) is 3.73. The third-order valence-electron chi connectivity index (χ3n) is 5.17. The summed E-state index contributed by atoms with van der Waals surface area (Å²) in [5.74, 6) is 0.939. The monoisotopic (exact) mass is 435 g/mol. The van der Waals surface area contributed by atoms with Crippen LogP contribution in [0.4, 0.5) is 11.5 Å². The highest BCUT2D eigenvalue weighted by Gasteiger charge is 2.21. The zero-order chi connectivity index (χ0) is 21.8. The number of hydrogen-bond acceptors (Lipinski definition) is 7. The van der Waals surface area contributed by atoms with Crippen molar-refractivity contribution in [1.82, 2.24) is 15.0 Å². The summed E-state index contributed by atoms with van der Waals surface area (Å²) < 4.78 is 5.32. The third kappa shape index (κ3) is 4.96. The van der Waals surface area contributed by atoms with Crippen molar-refractivity contribution in [3.8, 4) is 6.01 Å². The normalized spacial score (nSPS) is 13.1. The lowest BCUT2D eigenvalue weighted by atomic mass is 10.0. The number of anilines is 2. The van der Waals surface area contributed by atoms with Crippen LogP contribution in [0.15, 0.2) is 48.7 Å². The predicted octanol–water partition coefficient (Wildman–Crippen LogP) is 4.47. The van der Waals surface area contributed by atoms with E-state index in [4.69, 9.17) is 4.18 Å². The molecule has 1 N–H and O–H groups in total. The van der Waals surface area contributed by atoms with Crippen molar-refractivity contribution in [2.24, 2.45) is 0 Å². The summed E-state index contributed by atoms with van der Waals surface area (Å²) in [5.41, 5.74) is 4.38. The van der Waals surface area contributed by atoms with Crippen LogP contribution in [0.2, 0.25) is 0 Å². The van der Waals surface area contributed by atoms with Crippen LogP contribution in [-0.4, -0.2) is 33.7 Å². The van der Waals surface area contributed by atoms with E-state index in [1.807, 2.05) is 36.6 Å². The van der Waals surface area contributed by atoms with E-state index in [0.717, 1.165) is 35.7 Å². The smallest absolute Gasteiger partial charge is 0.329 e. The number of nitrogens with zero attached hydrogens (tertiary/aromatic N) is 4. The van der Waals surface area contributed by atoms with E-state index in [9.17, 15) is 4.79 Å². The van der Waals surface area contributed by atoms with Crippen molar-refractivity contribution in [2.75, 3.05) is 23.0 Å². The van der Waals surface area contributed by atoms with Crippen LogP contribution in [0.3, 0.4) is 0 Å². The van der Waals surface area contributed by atoms with Gasteiger partial charge in [-0.05, 0) is 35.7 Å². The summed E-state index contributed by atoms with van der Waals surface area (Å²) in [5, 5.41) is 2.96. The van der Waals surface area contributed by atoms with E-state index in [2.05, 4.69) is 45.1 Å². The molecule has 7 nitrogen and oxygen atoms in total. The molecule has 0 saturated carbocycles. The molecule has 0 saturated heterocycles. The van der Waals surface area contributed by atoms with Gasteiger partial charge in [0.05, 0.1) is 17.7 Å². The Kier molecular flexibility index (Phi) is 6.36. The van der Waals surface area contributed by atoms with E-state index in [0.29, 0.717) is 24.2 Å². The summed E-state index contributed by atoms with van der Waals surface area (Å²) in [4.78, 5) is 28.3. The van der Waals surface area contributed by atoms with Gasteiger partial charge in [0.25, 0.3) is 5.91 Å². The number of aromatic nitrogens is 3. The second-order valence-electron chi connectivity index (χ2n) is 7.66. The number of benzene rings is 1. The molecule has 1 amide bonds. The van der Waals surface area contributed by atoms with E-state index >= 15 is 0 Å². The average Bonchev–Trinajstić information content (AvgIpc) is 2.79. The molecule has 1 aliphatic rings. The summed E-state index contributed by atoms with van der Waals surface area (Å²) in [7, 11) is 0. The Bertz CT molecular complexity index is 1090. The highest BCUT2D eigenvalue weighted by atomic mass is 32.2. The number of pyridine rings is 1. The Labute approximate surface area is 186 Å². The van der Waals surface area contributed by atoms with E-state index in [1.165, 1.54) is 17.6 Å². The second-order valence-corrected chi connectivity index (χ2v) is 8.16. The van der Waals surface area contributed by atoms with Gasteiger partial charge in [0.15, 0.2) is 0 Å². The van der Waals surface area contributed by atoms with Crippen molar-refractivity contribution in [3.63, 3.8) is 0 Å². The first-order valence-corrected chi connectivity index (χ1v) is 11.4. The molecule has 0 unspecified atom stereocenters. The number of nitrogens with one attached hydrogen (secondary N) is 1.